The number of aryl methyl sites for hydroxylation is 1. The first-order chi connectivity index (χ1) is 17.1. The number of ether oxygens (including phenoxy) is 1. The summed E-state index contributed by atoms with van der Waals surface area (Å²) in [6.45, 7) is 2.03. The van der Waals surface area contributed by atoms with Gasteiger partial charge >= 0.3 is 0 Å². The van der Waals surface area contributed by atoms with Crippen LogP contribution in [0.15, 0.2) is 109 Å². The summed E-state index contributed by atoms with van der Waals surface area (Å²) in [5.41, 5.74) is 9.07. The van der Waals surface area contributed by atoms with Crippen molar-refractivity contribution in [3.63, 3.8) is 0 Å². The van der Waals surface area contributed by atoms with Gasteiger partial charge < -0.3 is 15.2 Å². The topological polar surface area (TPSA) is 56.8 Å². The second-order valence-corrected chi connectivity index (χ2v) is 8.63. The van der Waals surface area contributed by atoms with Crippen molar-refractivity contribution >= 4 is 34.5 Å². The molecule has 0 saturated heterocycles. The van der Waals surface area contributed by atoms with E-state index in [0.717, 1.165) is 39.4 Å². The zero-order valence-corrected chi connectivity index (χ0v) is 20.0. The van der Waals surface area contributed by atoms with Crippen molar-refractivity contribution in [3.8, 4) is 5.75 Å². The highest BCUT2D eigenvalue weighted by Gasteiger charge is 2.37. The maximum absolute atomic E-state index is 9.85. The molecule has 0 aliphatic carbocycles. The van der Waals surface area contributed by atoms with Crippen LogP contribution in [0.1, 0.15) is 28.5 Å². The van der Waals surface area contributed by atoms with Gasteiger partial charge in [0.05, 0.1) is 0 Å². The van der Waals surface area contributed by atoms with Gasteiger partial charge in [-0.3, -0.25) is 5.43 Å². The Morgan fingerprint density at radius 2 is 1.40 bits per heavy atom. The molecule has 0 radical (unpaired) electrons. The van der Waals surface area contributed by atoms with E-state index < -0.39 is 6.23 Å². The number of rotatable bonds is 5. The number of thiocarbonyl (C=S) groups is 1. The van der Waals surface area contributed by atoms with Crippen LogP contribution in [0.3, 0.4) is 0 Å². The summed E-state index contributed by atoms with van der Waals surface area (Å²) in [5, 5.41) is 15.5. The quantitative estimate of drug-likeness (QED) is 0.286. The minimum Gasteiger partial charge on any atom is -0.508 e. The number of para-hydroxylation sites is 1. The van der Waals surface area contributed by atoms with Crippen LogP contribution >= 0.6 is 12.2 Å². The van der Waals surface area contributed by atoms with Crippen molar-refractivity contribution in [1.82, 2.24) is 10.4 Å². The highest BCUT2D eigenvalue weighted by atomic mass is 32.1. The third-order valence-corrected chi connectivity index (χ3v) is 5.99. The number of hydrogen-bond acceptors (Lipinski definition) is 4. The molecule has 0 saturated carbocycles. The molecular formula is C29H25N3O2S. The number of aromatic hydroxyl groups is 1. The number of hydrazine groups is 1. The molecule has 4 aromatic carbocycles. The van der Waals surface area contributed by atoms with Gasteiger partial charge in [-0.15, -0.1) is 0 Å². The molecule has 5 nitrogen and oxygen atoms in total. The molecule has 0 bridgehead atoms. The number of nitrogens with one attached hydrogen (secondary N) is 2. The predicted octanol–water partition coefficient (Wildman–Crippen LogP) is 6.46. The van der Waals surface area contributed by atoms with E-state index in [1.165, 1.54) is 0 Å². The number of hydrogen-bond donors (Lipinski definition) is 3. The summed E-state index contributed by atoms with van der Waals surface area (Å²) in [5.74, 6) is 0.934. The van der Waals surface area contributed by atoms with Gasteiger partial charge in [0.2, 0.25) is 6.23 Å². The third kappa shape index (κ3) is 4.83. The maximum atomic E-state index is 9.85. The van der Waals surface area contributed by atoms with E-state index in [1.807, 2.05) is 109 Å². The Kier molecular flexibility index (Phi) is 6.37. The van der Waals surface area contributed by atoms with Gasteiger partial charge in [0.25, 0.3) is 0 Å². The highest BCUT2D eigenvalue weighted by Crippen LogP contribution is 2.44. The molecule has 1 aliphatic heterocycles. The number of phenolic OH excluding ortho intramolecular Hbond substituents is 1. The lowest BCUT2D eigenvalue weighted by Crippen LogP contribution is -2.43. The molecule has 0 amide bonds. The molecule has 4 aromatic rings. The standard InChI is InChI=1S/C29H25N3O2S/c1-20-10-8-9-15-25(20)30-29(35)31-32-26(21-11-4-2-5-12-21)27(22-13-6-3-7-14-22)34-28(32)23-16-18-24(33)19-17-23/h2-19,28,33H,1H3,(H2,30,31,35). The fourth-order valence-electron chi connectivity index (χ4n) is 4.05. The summed E-state index contributed by atoms with van der Waals surface area (Å²) in [6.07, 6.45) is -0.516. The summed E-state index contributed by atoms with van der Waals surface area (Å²) >= 11 is 5.73. The van der Waals surface area contributed by atoms with E-state index in [0.29, 0.717) is 5.11 Å². The zero-order valence-electron chi connectivity index (χ0n) is 19.2. The molecule has 0 aromatic heterocycles. The molecule has 35 heavy (non-hydrogen) atoms. The Bertz CT molecular complexity index is 1360. The average molecular weight is 480 g/mol. The molecule has 3 N–H and O–H groups in total. The Hall–Kier alpha value is -4.29. The van der Waals surface area contributed by atoms with Crippen LogP contribution < -0.4 is 10.7 Å². The van der Waals surface area contributed by atoms with Crippen LogP contribution in [-0.4, -0.2) is 15.2 Å². The molecule has 1 aliphatic rings. The van der Waals surface area contributed by atoms with Crippen molar-refractivity contribution in [2.24, 2.45) is 0 Å². The Labute approximate surface area is 210 Å². The first kappa shape index (κ1) is 22.5. The van der Waals surface area contributed by atoms with Gasteiger partial charge in [0, 0.05) is 22.4 Å². The second kappa shape index (κ2) is 9.91. The van der Waals surface area contributed by atoms with Gasteiger partial charge in [-0.2, -0.15) is 0 Å². The number of phenols is 1. The molecule has 174 valence electrons. The lowest BCUT2D eigenvalue weighted by molar-refractivity contribution is 0.0564. The van der Waals surface area contributed by atoms with Gasteiger partial charge in [0.1, 0.15) is 11.4 Å². The van der Waals surface area contributed by atoms with Crippen molar-refractivity contribution in [2.75, 3.05) is 5.32 Å². The van der Waals surface area contributed by atoms with Crippen LogP contribution in [0.25, 0.3) is 11.5 Å². The molecule has 6 heteroatoms. The van der Waals surface area contributed by atoms with E-state index in [2.05, 4.69) is 10.7 Å². The number of benzene rings is 4. The van der Waals surface area contributed by atoms with Gasteiger partial charge in [-0.05, 0) is 55.0 Å². The monoisotopic (exact) mass is 479 g/mol. The molecular weight excluding hydrogens is 454 g/mol. The lowest BCUT2D eigenvalue weighted by Gasteiger charge is -2.29. The minimum absolute atomic E-state index is 0.197. The molecule has 1 unspecified atom stereocenters. The van der Waals surface area contributed by atoms with Crippen LogP contribution in [-0.2, 0) is 4.74 Å². The van der Waals surface area contributed by atoms with E-state index in [1.54, 1.807) is 12.1 Å². The minimum atomic E-state index is -0.516. The number of anilines is 1. The molecule has 0 spiro atoms. The van der Waals surface area contributed by atoms with Gasteiger partial charge in [-0.25, -0.2) is 5.01 Å². The molecule has 1 atom stereocenters. The Morgan fingerprint density at radius 3 is 2.06 bits per heavy atom. The fraction of sp³-hybridized carbons (Fsp3) is 0.0690. The first-order valence-corrected chi connectivity index (χ1v) is 11.7. The summed E-state index contributed by atoms with van der Waals surface area (Å²) < 4.78 is 6.60. The third-order valence-electron chi connectivity index (χ3n) is 5.80. The van der Waals surface area contributed by atoms with Crippen molar-refractivity contribution in [2.45, 2.75) is 13.2 Å². The summed E-state index contributed by atoms with van der Waals surface area (Å²) in [7, 11) is 0. The first-order valence-electron chi connectivity index (χ1n) is 11.3. The summed E-state index contributed by atoms with van der Waals surface area (Å²) in [6, 6.07) is 35.1. The summed E-state index contributed by atoms with van der Waals surface area (Å²) in [4.78, 5) is 0. The second-order valence-electron chi connectivity index (χ2n) is 8.22. The normalized spacial score (nSPS) is 15.0. The zero-order chi connectivity index (χ0) is 24.2. The van der Waals surface area contributed by atoms with Crippen LogP contribution in [0, 0.1) is 6.92 Å². The largest absolute Gasteiger partial charge is 0.508 e. The fourth-order valence-corrected chi connectivity index (χ4v) is 4.26. The van der Waals surface area contributed by atoms with Gasteiger partial charge in [0.15, 0.2) is 10.9 Å². The van der Waals surface area contributed by atoms with E-state index in [4.69, 9.17) is 17.0 Å². The van der Waals surface area contributed by atoms with Crippen molar-refractivity contribution in [3.05, 3.63) is 131 Å². The highest BCUT2D eigenvalue weighted by molar-refractivity contribution is 7.80. The van der Waals surface area contributed by atoms with E-state index >= 15 is 0 Å². The van der Waals surface area contributed by atoms with E-state index in [9.17, 15) is 5.11 Å². The Morgan fingerprint density at radius 1 is 0.800 bits per heavy atom. The Balaban J connectivity index is 1.58. The lowest BCUT2D eigenvalue weighted by atomic mass is 10.1. The predicted molar refractivity (Wildman–Crippen MR) is 144 cm³/mol. The molecule has 0 fully saturated rings. The average Bonchev–Trinajstić information content (AvgIpc) is 3.26. The van der Waals surface area contributed by atoms with Crippen LogP contribution in [0.4, 0.5) is 5.69 Å². The number of nitrogens with zero attached hydrogens (tertiary/aromatic N) is 1. The van der Waals surface area contributed by atoms with Gasteiger partial charge in [-0.1, -0.05) is 78.9 Å². The van der Waals surface area contributed by atoms with Crippen molar-refractivity contribution in [1.29, 1.82) is 0 Å². The smallest absolute Gasteiger partial charge is 0.216 e. The molecule has 1 heterocycles. The van der Waals surface area contributed by atoms with Crippen LogP contribution in [0.2, 0.25) is 0 Å². The SMILES string of the molecule is Cc1ccccc1NC(=S)NN1C(c2ccccc2)=C(c2ccccc2)OC1c1ccc(O)cc1. The van der Waals surface area contributed by atoms with Crippen molar-refractivity contribution < 1.29 is 9.84 Å². The molecule has 5 rings (SSSR count). The van der Waals surface area contributed by atoms with Crippen LogP contribution in [0.5, 0.6) is 5.75 Å². The van der Waals surface area contributed by atoms with E-state index in [-0.39, 0.29) is 5.75 Å². The maximum Gasteiger partial charge on any atom is 0.216 e.